The van der Waals surface area contributed by atoms with Crippen molar-refractivity contribution < 1.29 is 19.4 Å². The SMILES string of the molecule is O=C(/C=C/c1ccc([N+](=O)[O-])cc1)Oc1cccc([N+](=O)[O-])c1. The number of benzene rings is 2. The number of carbonyl (C=O) groups is 1. The van der Waals surface area contributed by atoms with Crippen LogP contribution < -0.4 is 4.74 Å². The number of rotatable bonds is 5. The van der Waals surface area contributed by atoms with Crippen molar-refractivity contribution in [2.24, 2.45) is 0 Å². The summed E-state index contributed by atoms with van der Waals surface area (Å²) in [6.07, 6.45) is 2.55. The molecule has 0 unspecified atom stereocenters. The van der Waals surface area contributed by atoms with Crippen LogP contribution in [0.25, 0.3) is 6.08 Å². The van der Waals surface area contributed by atoms with Gasteiger partial charge < -0.3 is 4.74 Å². The van der Waals surface area contributed by atoms with E-state index in [2.05, 4.69) is 0 Å². The fourth-order valence-corrected chi connectivity index (χ4v) is 1.68. The quantitative estimate of drug-likeness (QED) is 0.275. The van der Waals surface area contributed by atoms with Gasteiger partial charge in [0.15, 0.2) is 0 Å². The van der Waals surface area contributed by atoms with Crippen LogP contribution in [0.3, 0.4) is 0 Å². The zero-order valence-electron chi connectivity index (χ0n) is 11.6. The van der Waals surface area contributed by atoms with Crippen molar-refractivity contribution in [3.05, 3.63) is 80.4 Å². The number of hydrogen-bond donors (Lipinski definition) is 0. The third-order valence-corrected chi connectivity index (χ3v) is 2.76. The van der Waals surface area contributed by atoms with E-state index in [-0.39, 0.29) is 17.1 Å². The van der Waals surface area contributed by atoms with E-state index in [1.807, 2.05) is 0 Å². The van der Waals surface area contributed by atoms with Gasteiger partial charge in [0.05, 0.1) is 15.9 Å². The predicted molar refractivity (Wildman–Crippen MR) is 80.9 cm³/mol. The molecule has 0 spiro atoms. The van der Waals surface area contributed by atoms with Crippen LogP contribution >= 0.6 is 0 Å². The second-order valence-corrected chi connectivity index (χ2v) is 4.36. The summed E-state index contributed by atoms with van der Waals surface area (Å²) in [7, 11) is 0. The first-order chi connectivity index (χ1) is 11.0. The molecular weight excluding hydrogens is 304 g/mol. The van der Waals surface area contributed by atoms with Gasteiger partial charge in [0.2, 0.25) is 0 Å². The molecule has 0 heterocycles. The van der Waals surface area contributed by atoms with Gasteiger partial charge in [0.1, 0.15) is 5.75 Å². The van der Waals surface area contributed by atoms with E-state index in [9.17, 15) is 25.0 Å². The van der Waals surface area contributed by atoms with E-state index < -0.39 is 15.8 Å². The zero-order chi connectivity index (χ0) is 16.8. The normalized spacial score (nSPS) is 10.4. The Bertz CT molecular complexity index is 783. The molecule has 8 nitrogen and oxygen atoms in total. The summed E-state index contributed by atoms with van der Waals surface area (Å²) in [5.41, 5.74) is 0.336. The zero-order valence-corrected chi connectivity index (χ0v) is 11.6. The summed E-state index contributed by atoms with van der Waals surface area (Å²) >= 11 is 0. The van der Waals surface area contributed by atoms with Crippen molar-refractivity contribution in [3.63, 3.8) is 0 Å². The summed E-state index contributed by atoms with van der Waals surface area (Å²) in [5, 5.41) is 21.2. The maximum atomic E-state index is 11.7. The van der Waals surface area contributed by atoms with Crippen LogP contribution in [0.5, 0.6) is 5.75 Å². The minimum atomic E-state index is -0.719. The molecule has 2 rings (SSSR count). The Kier molecular flexibility index (Phi) is 4.78. The Hall–Kier alpha value is -3.55. The molecule has 0 amide bonds. The van der Waals surface area contributed by atoms with Crippen molar-refractivity contribution in [1.82, 2.24) is 0 Å². The van der Waals surface area contributed by atoms with Gasteiger partial charge in [-0.25, -0.2) is 4.79 Å². The molecule has 0 fully saturated rings. The van der Waals surface area contributed by atoms with Crippen LogP contribution in [-0.4, -0.2) is 15.8 Å². The molecular formula is C15H10N2O6. The highest BCUT2D eigenvalue weighted by Gasteiger charge is 2.08. The molecule has 0 aliphatic rings. The van der Waals surface area contributed by atoms with Crippen LogP contribution in [0, 0.1) is 20.2 Å². The highest BCUT2D eigenvalue weighted by Crippen LogP contribution is 2.19. The largest absolute Gasteiger partial charge is 0.423 e. The topological polar surface area (TPSA) is 113 Å². The predicted octanol–water partition coefficient (Wildman–Crippen LogP) is 3.12. The van der Waals surface area contributed by atoms with E-state index in [0.717, 1.165) is 12.1 Å². The van der Waals surface area contributed by atoms with Gasteiger partial charge in [-0.2, -0.15) is 0 Å². The first-order valence-corrected chi connectivity index (χ1v) is 6.34. The van der Waals surface area contributed by atoms with Crippen molar-refractivity contribution >= 4 is 23.4 Å². The average Bonchev–Trinajstić information content (AvgIpc) is 2.53. The third-order valence-electron chi connectivity index (χ3n) is 2.76. The lowest BCUT2D eigenvalue weighted by atomic mass is 10.2. The lowest BCUT2D eigenvalue weighted by molar-refractivity contribution is -0.385. The minimum absolute atomic E-state index is 0.0533. The van der Waals surface area contributed by atoms with E-state index in [0.29, 0.717) is 5.56 Å². The molecule has 0 N–H and O–H groups in total. The van der Waals surface area contributed by atoms with E-state index in [1.165, 1.54) is 48.5 Å². The van der Waals surface area contributed by atoms with E-state index in [1.54, 1.807) is 0 Å². The molecule has 23 heavy (non-hydrogen) atoms. The molecule has 0 saturated heterocycles. The fraction of sp³-hybridized carbons (Fsp3) is 0. The highest BCUT2D eigenvalue weighted by atomic mass is 16.6. The van der Waals surface area contributed by atoms with Gasteiger partial charge >= 0.3 is 5.97 Å². The van der Waals surface area contributed by atoms with Crippen molar-refractivity contribution in [1.29, 1.82) is 0 Å². The summed E-state index contributed by atoms with van der Waals surface area (Å²) < 4.78 is 4.95. The summed E-state index contributed by atoms with van der Waals surface area (Å²) in [6, 6.07) is 10.8. The van der Waals surface area contributed by atoms with Gasteiger partial charge in [-0.15, -0.1) is 0 Å². The average molecular weight is 314 g/mol. The molecule has 0 aliphatic carbocycles. The maximum Gasteiger partial charge on any atom is 0.336 e. The fourth-order valence-electron chi connectivity index (χ4n) is 1.68. The molecule has 0 aromatic heterocycles. The van der Waals surface area contributed by atoms with Gasteiger partial charge in [0, 0.05) is 24.3 Å². The monoisotopic (exact) mass is 314 g/mol. The number of nitro groups is 2. The lowest BCUT2D eigenvalue weighted by Crippen LogP contribution is -2.03. The van der Waals surface area contributed by atoms with E-state index >= 15 is 0 Å². The molecule has 2 aromatic rings. The van der Waals surface area contributed by atoms with Crippen LogP contribution in [0.2, 0.25) is 0 Å². The number of non-ortho nitro benzene ring substituents is 2. The Morgan fingerprint density at radius 2 is 1.61 bits per heavy atom. The Morgan fingerprint density at radius 3 is 2.22 bits per heavy atom. The van der Waals surface area contributed by atoms with Crippen molar-refractivity contribution in [3.8, 4) is 5.75 Å². The summed E-state index contributed by atoms with van der Waals surface area (Å²) in [4.78, 5) is 31.7. The molecule has 0 aliphatic heterocycles. The lowest BCUT2D eigenvalue weighted by Gasteiger charge is -2.00. The van der Waals surface area contributed by atoms with Gasteiger partial charge in [-0.3, -0.25) is 20.2 Å². The van der Waals surface area contributed by atoms with Gasteiger partial charge in [0.25, 0.3) is 11.4 Å². The Labute approximate surface area is 129 Å². The number of esters is 1. The number of carbonyl (C=O) groups excluding carboxylic acids is 1. The number of ether oxygens (including phenoxy) is 1. The van der Waals surface area contributed by atoms with Crippen LogP contribution in [-0.2, 0) is 4.79 Å². The first-order valence-electron chi connectivity index (χ1n) is 6.34. The number of hydrogen-bond acceptors (Lipinski definition) is 6. The van der Waals surface area contributed by atoms with E-state index in [4.69, 9.17) is 4.74 Å². The molecule has 2 aromatic carbocycles. The molecule has 116 valence electrons. The molecule has 0 atom stereocenters. The van der Waals surface area contributed by atoms with Gasteiger partial charge in [-0.05, 0) is 29.8 Å². The molecule has 0 bridgehead atoms. The minimum Gasteiger partial charge on any atom is -0.423 e. The number of nitro benzene ring substituents is 2. The molecule has 8 heteroatoms. The Balaban J connectivity index is 2.02. The summed E-state index contributed by atoms with van der Waals surface area (Å²) in [6.45, 7) is 0. The second kappa shape index (κ2) is 6.94. The molecule has 0 saturated carbocycles. The standard InChI is InChI=1S/C15H10N2O6/c18-15(23-14-3-1-2-13(10-14)17(21)22)9-6-11-4-7-12(8-5-11)16(19)20/h1-10H/b9-6+. The van der Waals surface area contributed by atoms with Crippen LogP contribution in [0.1, 0.15) is 5.56 Å². The smallest absolute Gasteiger partial charge is 0.336 e. The first kappa shape index (κ1) is 15.8. The second-order valence-electron chi connectivity index (χ2n) is 4.36. The van der Waals surface area contributed by atoms with Crippen molar-refractivity contribution in [2.45, 2.75) is 0 Å². The van der Waals surface area contributed by atoms with Gasteiger partial charge in [-0.1, -0.05) is 6.07 Å². The number of nitrogens with zero attached hydrogens (tertiary/aromatic N) is 2. The summed E-state index contributed by atoms with van der Waals surface area (Å²) in [5.74, 6) is -0.665. The Morgan fingerprint density at radius 1 is 0.957 bits per heavy atom. The van der Waals surface area contributed by atoms with Crippen LogP contribution in [0.4, 0.5) is 11.4 Å². The van der Waals surface area contributed by atoms with Crippen molar-refractivity contribution in [2.75, 3.05) is 0 Å². The van der Waals surface area contributed by atoms with Crippen LogP contribution in [0.15, 0.2) is 54.6 Å². The highest BCUT2D eigenvalue weighted by molar-refractivity contribution is 5.88. The maximum absolute atomic E-state index is 11.7. The third kappa shape index (κ3) is 4.46. The molecule has 0 radical (unpaired) electrons.